The maximum atomic E-state index is 12.9. The maximum Gasteiger partial charge on any atom is 0.293 e. The molecule has 33 heavy (non-hydrogen) atoms. The van der Waals surface area contributed by atoms with E-state index in [4.69, 9.17) is 15.1 Å². The molecule has 1 aliphatic rings. The topological polar surface area (TPSA) is 150 Å². The number of hydrogen-bond donors (Lipinski definition) is 2. The van der Waals surface area contributed by atoms with Gasteiger partial charge in [0.05, 0.1) is 19.0 Å². The first kappa shape index (κ1) is 22.4. The number of amides is 1. The molecular formula is C21H27N9O3. The van der Waals surface area contributed by atoms with Crippen molar-refractivity contribution < 1.29 is 14.2 Å². The standard InChI is InChI=1S/C21H27N9O3/c1-29(15-6-4-3-5-7-15)13-17-18(24-28-30(17)20-19(22)26-33-27-20)21(31)25-23-12-14-8-10-16(32-2)11-9-14/h8-12,15H,3-7,13H2,1-2H3,(H2,22,26)(H,25,31)/b23-12-. The summed E-state index contributed by atoms with van der Waals surface area (Å²) in [4.78, 5) is 15.1. The number of carbonyl (C=O) groups is 1. The molecule has 1 fully saturated rings. The van der Waals surface area contributed by atoms with E-state index in [1.165, 1.54) is 30.2 Å². The van der Waals surface area contributed by atoms with E-state index in [0.717, 1.165) is 24.2 Å². The number of aromatic nitrogens is 5. The van der Waals surface area contributed by atoms with Crippen LogP contribution in [0.25, 0.3) is 5.82 Å². The first-order valence-corrected chi connectivity index (χ1v) is 10.8. The molecule has 0 aliphatic heterocycles. The van der Waals surface area contributed by atoms with Gasteiger partial charge in [0.25, 0.3) is 5.91 Å². The lowest BCUT2D eigenvalue weighted by Crippen LogP contribution is -2.34. The molecule has 1 aromatic carbocycles. The molecule has 2 aromatic heterocycles. The molecule has 1 aliphatic carbocycles. The minimum Gasteiger partial charge on any atom is -0.497 e. The molecule has 174 valence electrons. The van der Waals surface area contributed by atoms with Crippen molar-refractivity contribution in [3.8, 4) is 11.6 Å². The predicted octanol–water partition coefficient (Wildman–Crippen LogP) is 1.77. The van der Waals surface area contributed by atoms with Crippen molar-refractivity contribution in [2.75, 3.05) is 19.9 Å². The van der Waals surface area contributed by atoms with E-state index in [1.54, 1.807) is 7.11 Å². The van der Waals surface area contributed by atoms with Crippen molar-refractivity contribution in [2.45, 2.75) is 44.7 Å². The fourth-order valence-corrected chi connectivity index (χ4v) is 3.92. The zero-order chi connectivity index (χ0) is 23.2. The van der Waals surface area contributed by atoms with Crippen LogP contribution < -0.4 is 15.9 Å². The Labute approximate surface area is 190 Å². The van der Waals surface area contributed by atoms with Crippen LogP contribution in [0.4, 0.5) is 5.82 Å². The molecule has 3 aromatic rings. The SMILES string of the molecule is COc1ccc(/C=N\NC(=O)c2nnn(-c3nonc3N)c2CN(C)C2CCCCC2)cc1. The number of rotatable bonds is 8. The van der Waals surface area contributed by atoms with Crippen LogP contribution in [0, 0.1) is 0 Å². The van der Waals surface area contributed by atoms with Crippen LogP contribution in [0.15, 0.2) is 34.0 Å². The Morgan fingerprint density at radius 2 is 2.06 bits per heavy atom. The molecule has 1 amide bonds. The minimum atomic E-state index is -0.493. The molecular weight excluding hydrogens is 426 g/mol. The molecule has 12 heteroatoms. The Balaban J connectivity index is 1.54. The second kappa shape index (κ2) is 10.2. The summed E-state index contributed by atoms with van der Waals surface area (Å²) in [5.74, 6) is 0.496. The van der Waals surface area contributed by atoms with Crippen molar-refractivity contribution >= 4 is 17.9 Å². The van der Waals surface area contributed by atoms with Crippen LogP contribution in [0.3, 0.4) is 0 Å². The summed E-state index contributed by atoms with van der Waals surface area (Å²) in [6.07, 6.45) is 7.40. The highest BCUT2D eigenvalue weighted by atomic mass is 16.6. The molecule has 0 atom stereocenters. The largest absolute Gasteiger partial charge is 0.497 e. The van der Waals surface area contributed by atoms with Gasteiger partial charge in [0.15, 0.2) is 5.69 Å². The van der Waals surface area contributed by atoms with Crippen LogP contribution in [0.2, 0.25) is 0 Å². The van der Waals surface area contributed by atoms with Gasteiger partial charge in [-0.15, -0.1) is 5.10 Å². The molecule has 0 saturated heterocycles. The molecule has 4 rings (SSSR count). The lowest BCUT2D eigenvalue weighted by Gasteiger charge is -2.31. The van der Waals surface area contributed by atoms with E-state index in [1.807, 2.05) is 31.3 Å². The number of nitrogens with one attached hydrogen (secondary N) is 1. The summed E-state index contributed by atoms with van der Waals surface area (Å²) >= 11 is 0. The molecule has 2 heterocycles. The summed E-state index contributed by atoms with van der Waals surface area (Å²) in [5, 5.41) is 19.6. The molecule has 0 unspecified atom stereocenters. The monoisotopic (exact) mass is 453 g/mol. The molecule has 0 radical (unpaired) electrons. The third-order valence-corrected chi connectivity index (χ3v) is 5.77. The van der Waals surface area contributed by atoms with Crippen molar-refractivity contribution in [3.05, 3.63) is 41.2 Å². The number of carbonyl (C=O) groups excluding carboxylic acids is 1. The molecule has 1 saturated carbocycles. The Bertz CT molecular complexity index is 1100. The Morgan fingerprint density at radius 1 is 1.30 bits per heavy atom. The maximum absolute atomic E-state index is 12.9. The van der Waals surface area contributed by atoms with Gasteiger partial charge in [0.1, 0.15) is 5.75 Å². The number of hydrazone groups is 1. The fourth-order valence-electron chi connectivity index (χ4n) is 3.92. The molecule has 3 N–H and O–H groups in total. The highest BCUT2D eigenvalue weighted by Gasteiger charge is 2.27. The minimum absolute atomic E-state index is 0.0611. The van der Waals surface area contributed by atoms with E-state index in [0.29, 0.717) is 18.3 Å². The molecule has 0 spiro atoms. The van der Waals surface area contributed by atoms with Crippen LogP contribution in [0.5, 0.6) is 5.75 Å². The third-order valence-electron chi connectivity index (χ3n) is 5.77. The number of anilines is 1. The number of nitrogen functional groups attached to an aromatic ring is 1. The average molecular weight is 454 g/mol. The number of nitrogens with zero attached hydrogens (tertiary/aromatic N) is 7. The fraction of sp³-hybridized carbons (Fsp3) is 0.429. The number of ether oxygens (including phenoxy) is 1. The van der Waals surface area contributed by atoms with Crippen LogP contribution in [-0.4, -0.2) is 62.5 Å². The highest BCUT2D eigenvalue weighted by molar-refractivity contribution is 5.94. The predicted molar refractivity (Wildman–Crippen MR) is 120 cm³/mol. The van der Waals surface area contributed by atoms with Crippen LogP contribution in [0.1, 0.15) is 53.8 Å². The van der Waals surface area contributed by atoms with Gasteiger partial charge in [-0.1, -0.05) is 24.5 Å². The zero-order valence-electron chi connectivity index (χ0n) is 18.6. The van der Waals surface area contributed by atoms with E-state index in [2.05, 4.69) is 36.1 Å². The average Bonchev–Trinajstić information content (AvgIpc) is 3.45. The smallest absolute Gasteiger partial charge is 0.293 e. The van der Waals surface area contributed by atoms with Gasteiger partial charge in [-0.2, -0.15) is 9.78 Å². The number of nitrogens with two attached hydrogens (primary N) is 1. The van der Waals surface area contributed by atoms with Crippen LogP contribution >= 0.6 is 0 Å². The summed E-state index contributed by atoms with van der Waals surface area (Å²) in [6.45, 7) is 0.426. The summed E-state index contributed by atoms with van der Waals surface area (Å²) < 4.78 is 11.3. The zero-order valence-corrected chi connectivity index (χ0v) is 18.6. The van der Waals surface area contributed by atoms with E-state index in [-0.39, 0.29) is 17.3 Å². The van der Waals surface area contributed by atoms with Crippen molar-refractivity contribution in [2.24, 2.45) is 5.10 Å². The second-order valence-electron chi connectivity index (χ2n) is 7.95. The number of methoxy groups -OCH3 is 1. The summed E-state index contributed by atoms with van der Waals surface area (Å²) in [5.41, 5.74) is 9.85. The van der Waals surface area contributed by atoms with Crippen molar-refractivity contribution in [3.63, 3.8) is 0 Å². The van der Waals surface area contributed by atoms with E-state index < -0.39 is 5.91 Å². The summed E-state index contributed by atoms with van der Waals surface area (Å²) in [7, 11) is 3.63. The quantitative estimate of drug-likeness (QED) is 0.384. The first-order valence-electron chi connectivity index (χ1n) is 10.8. The molecule has 12 nitrogen and oxygen atoms in total. The Kier molecular flexibility index (Phi) is 6.93. The lowest BCUT2D eigenvalue weighted by atomic mass is 9.94. The number of benzene rings is 1. The van der Waals surface area contributed by atoms with Gasteiger partial charge >= 0.3 is 0 Å². The molecule has 0 bridgehead atoms. The first-order chi connectivity index (χ1) is 16.1. The van der Waals surface area contributed by atoms with Gasteiger partial charge in [-0.3, -0.25) is 9.69 Å². The van der Waals surface area contributed by atoms with Gasteiger partial charge < -0.3 is 10.5 Å². The Hall–Kier alpha value is -3.80. The van der Waals surface area contributed by atoms with Gasteiger partial charge in [-0.05, 0) is 60.0 Å². The second-order valence-corrected chi connectivity index (χ2v) is 7.95. The highest BCUT2D eigenvalue weighted by Crippen LogP contribution is 2.24. The third kappa shape index (κ3) is 5.17. The lowest BCUT2D eigenvalue weighted by molar-refractivity contribution is 0.0947. The van der Waals surface area contributed by atoms with Gasteiger partial charge in [-0.25, -0.2) is 10.1 Å². The van der Waals surface area contributed by atoms with Gasteiger partial charge in [0.2, 0.25) is 11.6 Å². The van der Waals surface area contributed by atoms with E-state index >= 15 is 0 Å². The van der Waals surface area contributed by atoms with E-state index in [9.17, 15) is 4.79 Å². The van der Waals surface area contributed by atoms with Gasteiger partial charge in [0, 0.05) is 12.6 Å². The number of hydrogen-bond acceptors (Lipinski definition) is 10. The Morgan fingerprint density at radius 3 is 2.73 bits per heavy atom. The van der Waals surface area contributed by atoms with Crippen molar-refractivity contribution in [1.29, 1.82) is 0 Å². The van der Waals surface area contributed by atoms with Crippen LogP contribution in [-0.2, 0) is 6.54 Å². The normalized spacial score (nSPS) is 14.8. The van der Waals surface area contributed by atoms with Crippen molar-refractivity contribution in [1.82, 2.24) is 35.6 Å². The summed E-state index contributed by atoms with van der Waals surface area (Å²) in [6, 6.07) is 7.69.